The van der Waals surface area contributed by atoms with Gasteiger partial charge in [-0.25, -0.2) is 4.98 Å². The van der Waals surface area contributed by atoms with Crippen molar-refractivity contribution >= 4 is 0 Å². The van der Waals surface area contributed by atoms with Crippen LogP contribution in [0.2, 0.25) is 0 Å². The highest BCUT2D eigenvalue weighted by molar-refractivity contribution is 5.20. The molecular weight excluding hydrogens is 236 g/mol. The van der Waals surface area contributed by atoms with Crippen LogP contribution in [0.15, 0.2) is 18.3 Å². The number of nitrogens with one attached hydrogen (secondary N) is 1. The number of hydrogen-bond donors (Lipinski definition) is 1. The number of aromatic nitrogens is 1. The summed E-state index contributed by atoms with van der Waals surface area (Å²) >= 11 is 0. The van der Waals surface area contributed by atoms with Gasteiger partial charge in [0.25, 0.3) is 0 Å². The van der Waals surface area contributed by atoms with E-state index in [9.17, 15) is 0 Å². The molecule has 0 fully saturated rings. The molecule has 0 aliphatic carbocycles. The Kier molecular flexibility index (Phi) is 6.85. The van der Waals surface area contributed by atoms with Gasteiger partial charge in [-0.3, -0.25) is 0 Å². The van der Waals surface area contributed by atoms with E-state index in [4.69, 9.17) is 4.74 Å². The quantitative estimate of drug-likeness (QED) is 0.722. The van der Waals surface area contributed by atoms with E-state index in [1.807, 2.05) is 18.3 Å². The zero-order valence-corrected chi connectivity index (χ0v) is 12.8. The van der Waals surface area contributed by atoms with Gasteiger partial charge in [-0.1, -0.05) is 26.2 Å². The minimum atomic E-state index is 0.129. The average molecular weight is 264 g/mol. The van der Waals surface area contributed by atoms with Gasteiger partial charge in [0, 0.05) is 24.3 Å². The zero-order chi connectivity index (χ0) is 14.1. The third-order valence-corrected chi connectivity index (χ3v) is 2.87. The van der Waals surface area contributed by atoms with E-state index in [-0.39, 0.29) is 5.54 Å². The molecule has 0 aliphatic rings. The zero-order valence-electron chi connectivity index (χ0n) is 12.8. The Labute approximate surface area is 117 Å². The largest absolute Gasteiger partial charge is 0.478 e. The Balaban J connectivity index is 2.35. The molecule has 0 radical (unpaired) electrons. The molecule has 1 rings (SSSR count). The van der Waals surface area contributed by atoms with Crippen molar-refractivity contribution in [3.8, 4) is 5.88 Å². The first-order chi connectivity index (χ1) is 9.01. The minimum Gasteiger partial charge on any atom is -0.478 e. The fraction of sp³-hybridized carbons (Fsp3) is 0.688. The van der Waals surface area contributed by atoms with Crippen LogP contribution in [0.1, 0.15) is 58.9 Å². The molecule has 0 saturated heterocycles. The first kappa shape index (κ1) is 16.0. The lowest BCUT2D eigenvalue weighted by atomic mass is 10.1. The summed E-state index contributed by atoms with van der Waals surface area (Å²) in [5.41, 5.74) is 1.35. The van der Waals surface area contributed by atoms with E-state index in [2.05, 4.69) is 38.0 Å². The molecule has 0 atom stereocenters. The fourth-order valence-corrected chi connectivity index (χ4v) is 1.71. The summed E-state index contributed by atoms with van der Waals surface area (Å²) in [6.07, 6.45) is 6.71. The van der Waals surface area contributed by atoms with Gasteiger partial charge in [-0.15, -0.1) is 0 Å². The van der Waals surface area contributed by atoms with Gasteiger partial charge in [0.1, 0.15) is 0 Å². The smallest absolute Gasteiger partial charge is 0.213 e. The molecule has 1 N–H and O–H groups in total. The molecule has 19 heavy (non-hydrogen) atoms. The van der Waals surface area contributed by atoms with Crippen LogP contribution in [-0.4, -0.2) is 17.1 Å². The molecule has 1 aromatic heterocycles. The number of pyridine rings is 1. The lowest BCUT2D eigenvalue weighted by molar-refractivity contribution is 0.293. The van der Waals surface area contributed by atoms with Crippen LogP contribution in [-0.2, 0) is 6.54 Å². The Morgan fingerprint density at radius 2 is 2.00 bits per heavy atom. The van der Waals surface area contributed by atoms with Gasteiger partial charge in [0.05, 0.1) is 6.61 Å². The predicted octanol–water partition coefficient (Wildman–Crippen LogP) is 3.93. The Hall–Kier alpha value is -1.09. The Morgan fingerprint density at radius 3 is 2.68 bits per heavy atom. The highest BCUT2D eigenvalue weighted by atomic mass is 16.5. The highest BCUT2D eigenvalue weighted by Gasteiger charge is 2.08. The SMILES string of the molecule is CCCCCCOc1cc(CNC(C)(C)C)ccn1. The van der Waals surface area contributed by atoms with Crippen molar-refractivity contribution in [3.05, 3.63) is 23.9 Å². The Bertz CT molecular complexity index is 358. The Morgan fingerprint density at radius 1 is 1.21 bits per heavy atom. The molecule has 1 heterocycles. The van der Waals surface area contributed by atoms with E-state index in [1.54, 1.807) is 0 Å². The van der Waals surface area contributed by atoms with Crippen LogP contribution in [0.5, 0.6) is 5.88 Å². The first-order valence-electron chi connectivity index (χ1n) is 7.34. The second-order valence-electron chi connectivity index (χ2n) is 6.02. The standard InChI is InChI=1S/C16H28N2O/c1-5-6-7-8-11-19-15-12-14(9-10-17-15)13-18-16(2,3)4/h9-10,12,18H,5-8,11,13H2,1-4H3. The van der Waals surface area contributed by atoms with Crippen molar-refractivity contribution in [1.82, 2.24) is 10.3 Å². The second kappa shape index (κ2) is 8.16. The van der Waals surface area contributed by atoms with E-state index in [0.29, 0.717) is 0 Å². The van der Waals surface area contributed by atoms with E-state index >= 15 is 0 Å². The summed E-state index contributed by atoms with van der Waals surface area (Å²) in [7, 11) is 0. The van der Waals surface area contributed by atoms with Gasteiger partial charge in [-0.05, 0) is 38.8 Å². The molecule has 0 amide bonds. The summed E-state index contributed by atoms with van der Waals surface area (Å²) < 4.78 is 5.69. The summed E-state index contributed by atoms with van der Waals surface area (Å²) in [4.78, 5) is 4.25. The van der Waals surface area contributed by atoms with E-state index in [1.165, 1.54) is 24.8 Å². The molecule has 3 nitrogen and oxygen atoms in total. The van der Waals surface area contributed by atoms with Crippen LogP contribution >= 0.6 is 0 Å². The number of ether oxygens (including phenoxy) is 1. The minimum absolute atomic E-state index is 0.129. The van der Waals surface area contributed by atoms with E-state index in [0.717, 1.165) is 25.5 Å². The predicted molar refractivity (Wildman–Crippen MR) is 80.5 cm³/mol. The summed E-state index contributed by atoms with van der Waals surface area (Å²) in [6, 6.07) is 4.06. The van der Waals surface area contributed by atoms with Gasteiger partial charge >= 0.3 is 0 Å². The van der Waals surface area contributed by atoms with Crippen molar-refractivity contribution in [1.29, 1.82) is 0 Å². The van der Waals surface area contributed by atoms with Crippen molar-refractivity contribution in [3.63, 3.8) is 0 Å². The lowest BCUT2D eigenvalue weighted by Gasteiger charge is -2.20. The maximum absolute atomic E-state index is 5.69. The van der Waals surface area contributed by atoms with Crippen LogP contribution in [0, 0.1) is 0 Å². The molecular formula is C16H28N2O. The number of unbranched alkanes of at least 4 members (excludes halogenated alkanes) is 3. The molecule has 0 saturated carbocycles. The molecule has 0 aliphatic heterocycles. The summed E-state index contributed by atoms with van der Waals surface area (Å²) in [5.74, 6) is 0.740. The van der Waals surface area contributed by atoms with Gasteiger partial charge in [-0.2, -0.15) is 0 Å². The molecule has 0 unspecified atom stereocenters. The third-order valence-electron chi connectivity index (χ3n) is 2.87. The number of rotatable bonds is 8. The maximum atomic E-state index is 5.69. The van der Waals surface area contributed by atoms with Crippen LogP contribution in [0.4, 0.5) is 0 Å². The highest BCUT2D eigenvalue weighted by Crippen LogP contribution is 2.11. The van der Waals surface area contributed by atoms with Crippen molar-refractivity contribution < 1.29 is 4.74 Å². The topological polar surface area (TPSA) is 34.1 Å². The van der Waals surface area contributed by atoms with Gasteiger partial charge in [0.15, 0.2) is 0 Å². The van der Waals surface area contributed by atoms with Crippen molar-refractivity contribution in [2.45, 2.75) is 65.5 Å². The van der Waals surface area contributed by atoms with Crippen LogP contribution < -0.4 is 10.1 Å². The summed E-state index contributed by atoms with van der Waals surface area (Å²) in [6.45, 7) is 10.3. The number of hydrogen-bond acceptors (Lipinski definition) is 3. The van der Waals surface area contributed by atoms with Crippen molar-refractivity contribution in [2.24, 2.45) is 0 Å². The lowest BCUT2D eigenvalue weighted by Crippen LogP contribution is -2.35. The van der Waals surface area contributed by atoms with Gasteiger partial charge < -0.3 is 10.1 Å². The molecule has 108 valence electrons. The monoisotopic (exact) mass is 264 g/mol. The maximum Gasteiger partial charge on any atom is 0.213 e. The normalized spacial score (nSPS) is 11.6. The molecule has 1 aromatic rings. The number of nitrogens with zero attached hydrogens (tertiary/aromatic N) is 1. The third kappa shape index (κ3) is 7.83. The van der Waals surface area contributed by atoms with Crippen LogP contribution in [0.25, 0.3) is 0 Å². The summed E-state index contributed by atoms with van der Waals surface area (Å²) in [5, 5.41) is 3.47. The van der Waals surface area contributed by atoms with Crippen LogP contribution in [0.3, 0.4) is 0 Å². The van der Waals surface area contributed by atoms with Gasteiger partial charge in [0.2, 0.25) is 5.88 Å². The molecule has 0 bridgehead atoms. The molecule has 0 aromatic carbocycles. The first-order valence-corrected chi connectivity index (χ1v) is 7.34. The van der Waals surface area contributed by atoms with Crippen molar-refractivity contribution in [2.75, 3.05) is 6.61 Å². The van der Waals surface area contributed by atoms with E-state index < -0.39 is 0 Å². The second-order valence-corrected chi connectivity index (χ2v) is 6.02. The average Bonchev–Trinajstić information content (AvgIpc) is 2.36. The fourth-order valence-electron chi connectivity index (χ4n) is 1.71. The molecule has 0 spiro atoms. The molecule has 3 heteroatoms.